The van der Waals surface area contributed by atoms with E-state index in [9.17, 15) is 13.2 Å². The number of sulfonamides is 1. The molecule has 1 saturated heterocycles. The van der Waals surface area contributed by atoms with Gasteiger partial charge in [0.25, 0.3) is 10.0 Å². The quantitative estimate of drug-likeness (QED) is 0.267. The molecule has 2 aromatic carbocycles. The average molecular weight is 623 g/mol. The summed E-state index contributed by atoms with van der Waals surface area (Å²) >= 11 is 0.931. The number of hydrogen-bond donors (Lipinski definition) is 3. The first-order valence-corrected chi connectivity index (χ1v) is 16.4. The van der Waals surface area contributed by atoms with E-state index in [-0.39, 0.29) is 15.4 Å². The maximum absolute atomic E-state index is 13.4. The summed E-state index contributed by atoms with van der Waals surface area (Å²) in [6.45, 7) is 8.16. The number of thiazole rings is 1. The van der Waals surface area contributed by atoms with Gasteiger partial charge in [-0.1, -0.05) is 35.6 Å². The van der Waals surface area contributed by atoms with Crippen molar-refractivity contribution < 1.29 is 17.9 Å². The first kappa shape index (κ1) is 29.4. The van der Waals surface area contributed by atoms with E-state index in [1.807, 2.05) is 12.1 Å². The molecular weight excluding hydrogens is 589 g/mol. The fourth-order valence-electron chi connectivity index (χ4n) is 5.65. The Kier molecular flexibility index (Phi) is 8.29. The van der Waals surface area contributed by atoms with Crippen molar-refractivity contribution in [3.8, 4) is 11.1 Å². The maximum Gasteiger partial charge on any atom is 0.413 e. The van der Waals surface area contributed by atoms with Crippen molar-refractivity contribution >= 4 is 49.3 Å². The Balaban J connectivity index is 1.10. The SMILES string of the molecule is COC(=O)Nc1nc(C)c(S(=O)(=O)N2CCN(CC(C)Nc3ncnc4c(-c5ccc6c(c5)CNC6)cccc34)CC2)s1. The van der Waals surface area contributed by atoms with Gasteiger partial charge in [0.05, 0.1) is 18.3 Å². The monoisotopic (exact) mass is 622 g/mol. The highest BCUT2D eigenvalue weighted by Crippen LogP contribution is 2.33. The predicted molar refractivity (Wildman–Crippen MR) is 167 cm³/mol. The number of carbonyl (C=O) groups excluding carboxylic acids is 1. The summed E-state index contributed by atoms with van der Waals surface area (Å²) in [5.41, 5.74) is 6.14. The number of carbonyl (C=O) groups is 1. The summed E-state index contributed by atoms with van der Waals surface area (Å²) in [6.07, 6.45) is 0.911. The molecule has 0 spiro atoms. The molecule has 14 heteroatoms. The number of ether oxygens (including phenoxy) is 1. The Morgan fingerprint density at radius 2 is 1.91 bits per heavy atom. The lowest BCUT2D eigenvalue weighted by Crippen LogP contribution is -2.50. The molecule has 1 unspecified atom stereocenters. The minimum atomic E-state index is -3.74. The van der Waals surface area contributed by atoms with Gasteiger partial charge in [0.2, 0.25) is 0 Å². The number of amides is 1. The lowest BCUT2D eigenvalue weighted by molar-refractivity contribution is 0.184. The third-order valence-electron chi connectivity index (χ3n) is 7.78. The normalized spacial score (nSPS) is 16.6. The van der Waals surface area contributed by atoms with E-state index >= 15 is 0 Å². The minimum absolute atomic E-state index is 0.0617. The van der Waals surface area contributed by atoms with Gasteiger partial charge in [0.15, 0.2) is 9.34 Å². The predicted octanol–water partition coefficient (Wildman–Crippen LogP) is 3.65. The third kappa shape index (κ3) is 6.06. The molecule has 12 nitrogen and oxygen atoms in total. The number of benzene rings is 2. The lowest BCUT2D eigenvalue weighted by Gasteiger charge is -2.35. The van der Waals surface area contributed by atoms with Gasteiger partial charge in [-0.25, -0.2) is 28.2 Å². The molecule has 4 aromatic rings. The van der Waals surface area contributed by atoms with Gasteiger partial charge in [-0.2, -0.15) is 4.31 Å². The lowest BCUT2D eigenvalue weighted by atomic mass is 9.98. The van der Waals surface area contributed by atoms with Gasteiger partial charge in [-0.15, -0.1) is 0 Å². The average Bonchev–Trinajstić information content (AvgIpc) is 3.63. The Labute approximate surface area is 254 Å². The number of aryl methyl sites for hydroxylation is 1. The molecule has 2 aromatic heterocycles. The summed E-state index contributed by atoms with van der Waals surface area (Å²) in [5.74, 6) is 0.778. The van der Waals surface area contributed by atoms with Crippen molar-refractivity contribution in [2.75, 3.05) is 50.5 Å². The van der Waals surface area contributed by atoms with Crippen LogP contribution in [0.15, 0.2) is 46.9 Å². The van der Waals surface area contributed by atoms with E-state index in [1.54, 1.807) is 13.3 Å². The fourth-order valence-corrected chi connectivity index (χ4v) is 8.61. The molecule has 2 aliphatic heterocycles. The van der Waals surface area contributed by atoms with Gasteiger partial charge < -0.3 is 15.4 Å². The third-order valence-corrected chi connectivity index (χ3v) is 11.3. The molecule has 1 amide bonds. The number of nitrogens with zero attached hydrogens (tertiary/aromatic N) is 5. The Hall–Kier alpha value is -3.69. The van der Waals surface area contributed by atoms with Gasteiger partial charge in [0, 0.05) is 62.8 Å². The number of piperazine rings is 1. The van der Waals surface area contributed by atoms with Crippen LogP contribution in [0.5, 0.6) is 0 Å². The molecule has 6 rings (SSSR count). The summed E-state index contributed by atoms with van der Waals surface area (Å²) in [5, 5.41) is 10.6. The Bertz CT molecular complexity index is 1770. The molecule has 226 valence electrons. The van der Waals surface area contributed by atoms with E-state index in [0.29, 0.717) is 31.9 Å². The van der Waals surface area contributed by atoms with E-state index < -0.39 is 16.1 Å². The number of para-hydroxylation sites is 1. The smallest absolute Gasteiger partial charge is 0.413 e. The van der Waals surface area contributed by atoms with Crippen LogP contribution in [0.4, 0.5) is 15.7 Å². The van der Waals surface area contributed by atoms with E-state index in [2.05, 4.69) is 71.7 Å². The first-order valence-electron chi connectivity index (χ1n) is 14.1. The van der Waals surface area contributed by atoms with Crippen molar-refractivity contribution in [1.29, 1.82) is 0 Å². The molecule has 4 heterocycles. The second-order valence-corrected chi connectivity index (χ2v) is 13.9. The van der Waals surface area contributed by atoms with Crippen LogP contribution in [-0.2, 0) is 27.8 Å². The summed E-state index contributed by atoms with van der Waals surface area (Å²) in [4.78, 5) is 27.2. The van der Waals surface area contributed by atoms with Crippen molar-refractivity contribution in [2.45, 2.75) is 37.2 Å². The maximum atomic E-state index is 13.4. The first-order chi connectivity index (χ1) is 20.7. The molecule has 0 radical (unpaired) electrons. The highest BCUT2D eigenvalue weighted by Gasteiger charge is 2.32. The molecule has 2 aliphatic rings. The van der Waals surface area contributed by atoms with Crippen LogP contribution in [0.25, 0.3) is 22.0 Å². The Morgan fingerprint density at radius 1 is 1.12 bits per heavy atom. The van der Waals surface area contributed by atoms with Crippen LogP contribution >= 0.6 is 11.3 Å². The molecule has 0 aliphatic carbocycles. The molecule has 3 N–H and O–H groups in total. The van der Waals surface area contributed by atoms with Gasteiger partial charge in [-0.3, -0.25) is 10.2 Å². The zero-order chi connectivity index (χ0) is 30.1. The zero-order valence-corrected chi connectivity index (χ0v) is 25.9. The second kappa shape index (κ2) is 12.1. The van der Waals surface area contributed by atoms with E-state index in [1.165, 1.54) is 22.5 Å². The topological polar surface area (TPSA) is 142 Å². The largest absolute Gasteiger partial charge is 0.453 e. The molecule has 43 heavy (non-hydrogen) atoms. The van der Waals surface area contributed by atoms with Crippen molar-refractivity contribution in [3.05, 3.63) is 59.5 Å². The van der Waals surface area contributed by atoms with Gasteiger partial charge in [0.1, 0.15) is 12.1 Å². The minimum Gasteiger partial charge on any atom is -0.453 e. The number of hydrogen-bond acceptors (Lipinski definition) is 11. The van der Waals surface area contributed by atoms with Crippen LogP contribution in [0.2, 0.25) is 0 Å². The van der Waals surface area contributed by atoms with Crippen LogP contribution < -0.4 is 16.0 Å². The van der Waals surface area contributed by atoms with E-state index in [0.717, 1.165) is 58.8 Å². The van der Waals surface area contributed by atoms with Crippen LogP contribution in [0.3, 0.4) is 0 Å². The molecule has 1 atom stereocenters. The summed E-state index contributed by atoms with van der Waals surface area (Å²) in [7, 11) is -2.50. The number of fused-ring (bicyclic) bond motifs is 2. The van der Waals surface area contributed by atoms with E-state index in [4.69, 9.17) is 0 Å². The highest BCUT2D eigenvalue weighted by atomic mass is 32.2. The number of anilines is 2. The van der Waals surface area contributed by atoms with Crippen molar-refractivity contribution in [1.82, 2.24) is 29.5 Å². The number of aromatic nitrogens is 3. The van der Waals surface area contributed by atoms with Gasteiger partial charge >= 0.3 is 6.09 Å². The number of rotatable bonds is 8. The summed E-state index contributed by atoms with van der Waals surface area (Å²) < 4.78 is 32.9. The molecule has 0 bridgehead atoms. The van der Waals surface area contributed by atoms with Crippen LogP contribution in [-0.4, -0.2) is 84.5 Å². The van der Waals surface area contributed by atoms with Crippen LogP contribution in [0.1, 0.15) is 23.7 Å². The highest BCUT2D eigenvalue weighted by molar-refractivity contribution is 7.91. The summed E-state index contributed by atoms with van der Waals surface area (Å²) in [6, 6.07) is 12.8. The fraction of sp³-hybridized carbons (Fsp3) is 0.379. The van der Waals surface area contributed by atoms with Crippen molar-refractivity contribution in [2.24, 2.45) is 0 Å². The van der Waals surface area contributed by atoms with Gasteiger partial charge in [-0.05, 0) is 42.7 Å². The number of methoxy groups -OCH3 is 1. The number of nitrogens with one attached hydrogen (secondary N) is 3. The van der Waals surface area contributed by atoms with Crippen LogP contribution in [0, 0.1) is 6.92 Å². The molecular formula is C29H34N8O4S2. The Morgan fingerprint density at radius 3 is 2.70 bits per heavy atom. The zero-order valence-electron chi connectivity index (χ0n) is 24.3. The second-order valence-electron chi connectivity index (χ2n) is 10.8. The van der Waals surface area contributed by atoms with Crippen molar-refractivity contribution in [3.63, 3.8) is 0 Å². The standard InChI is InChI=1S/C29H34N8O4S2/c1-18(16-36-9-11-37(12-10-36)43(39,40)27-19(2)34-28(42-27)35-29(38)41-3)33-26-24-6-4-5-23(25(24)31-17-32-26)20-7-8-21-14-30-15-22(21)13-20/h4-8,13,17-18,30H,9-12,14-16H2,1-3H3,(H,31,32,33)(H,34,35,38). The molecule has 1 fully saturated rings. The molecule has 0 saturated carbocycles.